The molecule has 0 radical (unpaired) electrons. The van der Waals surface area contributed by atoms with Crippen LogP contribution in [0.15, 0.2) is 24.5 Å². The second-order valence-corrected chi connectivity index (χ2v) is 5.21. The molecule has 0 N–H and O–H groups in total. The van der Waals surface area contributed by atoms with E-state index in [4.69, 9.17) is 9.72 Å². The molecule has 0 amide bonds. The van der Waals surface area contributed by atoms with Crippen molar-refractivity contribution in [1.82, 2.24) is 14.8 Å². The highest BCUT2D eigenvalue weighted by Gasteiger charge is 2.30. The summed E-state index contributed by atoms with van der Waals surface area (Å²) >= 11 is 0. The molecule has 2 aromatic heterocycles. The highest BCUT2D eigenvalue weighted by molar-refractivity contribution is 5.91. The summed E-state index contributed by atoms with van der Waals surface area (Å²) in [5, 5.41) is 4.27. The Morgan fingerprint density at radius 1 is 1.38 bits per heavy atom. The number of aromatic nitrogens is 3. The number of esters is 1. The predicted molar refractivity (Wildman–Crippen MR) is 79.1 cm³/mol. The summed E-state index contributed by atoms with van der Waals surface area (Å²) in [6.07, 6.45) is 5.98. The van der Waals surface area contributed by atoms with Gasteiger partial charge in [-0.05, 0) is 38.8 Å². The van der Waals surface area contributed by atoms with E-state index in [1.807, 2.05) is 43.1 Å². The number of aryl methyl sites for hydroxylation is 1. The predicted octanol–water partition coefficient (Wildman–Crippen LogP) is 3.02. The summed E-state index contributed by atoms with van der Waals surface area (Å²) in [4.78, 5) is 16.7. The average molecular weight is 285 g/mol. The van der Waals surface area contributed by atoms with Crippen molar-refractivity contribution in [3.05, 3.63) is 35.8 Å². The van der Waals surface area contributed by atoms with E-state index in [1.165, 1.54) is 0 Å². The Morgan fingerprint density at radius 3 is 2.81 bits per heavy atom. The van der Waals surface area contributed by atoms with Crippen LogP contribution in [0.2, 0.25) is 0 Å². The number of hydrogen-bond acceptors (Lipinski definition) is 4. The third-order valence-electron chi connectivity index (χ3n) is 3.64. The van der Waals surface area contributed by atoms with E-state index >= 15 is 0 Å². The van der Waals surface area contributed by atoms with Crippen LogP contribution in [0.25, 0.3) is 11.3 Å². The maximum atomic E-state index is 12.0. The van der Waals surface area contributed by atoms with Gasteiger partial charge in [0.1, 0.15) is 0 Å². The fourth-order valence-electron chi connectivity index (χ4n) is 2.35. The summed E-state index contributed by atoms with van der Waals surface area (Å²) in [5.74, 6) is 0.119. The first-order chi connectivity index (χ1) is 10.2. The average Bonchev–Trinajstić information content (AvgIpc) is 3.24. The number of carbonyl (C=O) groups excluding carboxylic acids is 1. The highest BCUT2D eigenvalue weighted by Crippen LogP contribution is 2.41. The molecule has 3 rings (SSSR count). The highest BCUT2D eigenvalue weighted by atomic mass is 16.5. The van der Waals surface area contributed by atoms with E-state index in [9.17, 15) is 4.79 Å². The van der Waals surface area contributed by atoms with Crippen molar-refractivity contribution in [2.24, 2.45) is 0 Å². The van der Waals surface area contributed by atoms with Crippen LogP contribution < -0.4 is 0 Å². The minimum atomic E-state index is -0.275. The molecule has 110 valence electrons. The van der Waals surface area contributed by atoms with Crippen molar-refractivity contribution in [2.75, 3.05) is 6.61 Å². The van der Waals surface area contributed by atoms with E-state index in [0.29, 0.717) is 18.1 Å². The van der Waals surface area contributed by atoms with Crippen molar-refractivity contribution in [3.8, 4) is 11.3 Å². The molecule has 2 heterocycles. The number of rotatable bonds is 5. The maximum absolute atomic E-state index is 12.0. The summed E-state index contributed by atoms with van der Waals surface area (Å²) in [7, 11) is 0. The summed E-state index contributed by atoms with van der Waals surface area (Å²) in [6.45, 7) is 5.07. The van der Waals surface area contributed by atoms with Gasteiger partial charge in [0.25, 0.3) is 0 Å². The first-order valence-electron chi connectivity index (χ1n) is 7.43. The number of nitrogens with zero attached hydrogens (tertiary/aromatic N) is 3. The lowest BCUT2D eigenvalue weighted by atomic mass is 10.1. The Balaban J connectivity index is 1.97. The second kappa shape index (κ2) is 5.68. The molecule has 0 saturated heterocycles. The molecule has 2 aromatic rings. The molecule has 21 heavy (non-hydrogen) atoms. The summed E-state index contributed by atoms with van der Waals surface area (Å²) in [6, 6.07) is 3.70. The van der Waals surface area contributed by atoms with Gasteiger partial charge >= 0.3 is 5.97 Å². The van der Waals surface area contributed by atoms with Crippen LogP contribution in [0.5, 0.6) is 0 Å². The monoisotopic (exact) mass is 285 g/mol. The van der Waals surface area contributed by atoms with Gasteiger partial charge in [-0.1, -0.05) is 0 Å². The topological polar surface area (TPSA) is 57.0 Å². The van der Waals surface area contributed by atoms with Crippen LogP contribution in [0.4, 0.5) is 0 Å². The van der Waals surface area contributed by atoms with E-state index in [2.05, 4.69) is 5.10 Å². The lowest BCUT2D eigenvalue weighted by Gasteiger charge is -2.09. The number of hydrogen-bond donors (Lipinski definition) is 0. The second-order valence-electron chi connectivity index (χ2n) is 5.21. The van der Waals surface area contributed by atoms with Crippen molar-refractivity contribution in [2.45, 2.75) is 39.2 Å². The molecule has 0 unspecified atom stereocenters. The minimum absolute atomic E-state index is 0.275. The smallest absolute Gasteiger partial charge is 0.339 e. The van der Waals surface area contributed by atoms with Gasteiger partial charge in [0.05, 0.1) is 29.8 Å². The van der Waals surface area contributed by atoms with E-state index in [1.54, 1.807) is 0 Å². The molecule has 1 aliphatic carbocycles. The first kappa shape index (κ1) is 13.8. The van der Waals surface area contributed by atoms with Gasteiger partial charge in [-0.25, -0.2) is 4.79 Å². The van der Waals surface area contributed by atoms with Crippen LogP contribution >= 0.6 is 0 Å². The molecular formula is C16H19N3O2. The van der Waals surface area contributed by atoms with Crippen LogP contribution in [0.3, 0.4) is 0 Å². The van der Waals surface area contributed by atoms with Gasteiger partial charge in [-0.15, -0.1) is 0 Å². The zero-order chi connectivity index (χ0) is 14.8. The zero-order valence-electron chi connectivity index (χ0n) is 12.4. The van der Waals surface area contributed by atoms with E-state index in [0.717, 1.165) is 36.3 Å². The van der Waals surface area contributed by atoms with Gasteiger partial charge in [0.2, 0.25) is 0 Å². The van der Waals surface area contributed by atoms with Crippen LogP contribution in [0.1, 0.15) is 48.7 Å². The van der Waals surface area contributed by atoms with Crippen LogP contribution in [0, 0.1) is 0 Å². The lowest BCUT2D eigenvalue weighted by molar-refractivity contribution is 0.0524. The first-order valence-corrected chi connectivity index (χ1v) is 7.43. The minimum Gasteiger partial charge on any atom is -0.462 e. The van der Waals surface area contributed by atoms with Gasteiger partial charge in [0.15, 0.2) is 0 Å². The number of carbonyl (C=O) groups is 1. The SMILES string of the molecule is CCOC(=O)c1ccc(-c2cnn(CC)c2)nc1C1CC1. The molecule has 0 aromatic carbocycles. The third kappa shape index (κ3) is 2.82. The Morgan fingerprint density at radius 2 is 2.19 bits per heavy atom. The zero-order valence-corrected chi connectivity index (χ0v) is 12.4. The third-order valence-corrected chi connectivity index (χ3v) is 3.64. The summed E-state index contributed by atoms with van der Waals surface area (Å²) in [5.41, 5.74) is 3.32. The van der Waals surface area contributed by atoms with Crippen molar-refractivity contribution in [1.29, 1.82) is 0 Å². The van der Waals surface area contributed by atoms with Gasteiger partial charge < -0.3 is 4.74 Å². The Hall–Kier alpha value is -2.17. The van der Waals surface area contributed by atoms with Crippen molar-refractivity contribution in [3.63, 3.8) is 0 Å². The fourth-order valence-corrected chi connectivity index (χ4v) is 2.35. The van der Waals surface area contributed by atoms with Crippen molar-refractivity contribution < 1.29 is 9.53 Å². The molecule has 0 spiro atoms. The molecule has 0 bridgehead atoms. The normalized spacial score (nSPS) is 14.2. The fraction of sp³-hybridized carbons (Fsp3) is 0.438. The van der Waals surface area contributed by atoms with Gasteiger partial charge in [-0.3, -0.25) is 9.67 Å². The van der Waals surface area contributed by atoms with Crippen LogP contribution in [-0.2, 0) is 11.3 Å². The lowest BCUT2D eigenvalue weighted by Crippen LogP contribution is -2.09. The van der Waals surface area contributed by atoms with E-state index < -0.39 is 0 Å². The van der Waals surface area contributed by atoms with Gasteiger partial charge in [-0.2, -0.15) is 5.10 Å². The maximum Gasteiger partial charge on any atom is 0.339 e. The van der Waals surface area contributed by atoms with Crippen molar-refractivity contribution >= 4 is 5.97 Å². The van der Waals surface area contributed by atoms with E-state index in [-0.39, 0.29) is 5.97 Å². The molecule has 1 fully saturated rings. The molecule has 5 heteroatoms. The molecular weight excluding hydrogens is 266 g/mol. The van der Waals surface area contributed by atoms with Gasteiger partial charge in [0, 0.05) is 24.2 Å². The molecule has 1 saturated carbocycles. The molecule has 1 aliphatic rings. The standard InChI is InChI=1S/C16H19N3O2/c1-3-19-10-12(9-17-19)14-8-7-13(16(20)21-4-2)15(18-14)11-5-6-11/h7-11H,3-6H2,1-2H3. The summed E-state index contributed by atoms with van der Waals surface area (Å²) < 4.78 is 6.99. The van der Waals surface area contributed by atoms with Crippen LogP contribution in [-0.4, -0.2) is 27.3 Å². The molecule has 0 aliphatic heterocycles. The molecule has 0 atom stereocenters. The Kier molecular flexibility index (Phi) is 3.73. The quantitative estimate of drug-likeness (QED) is 0.792. The number of ether oxygens (including phenoxy) is 1. The number of pyridine rings is 1. The largest absolute Gasteiger partial charge is 0.462 e. The molecule has 5 nitrogen and oxygen atoms in total. The Bertz CT molecular complexity index is 659. The Labute approximate surface area is 124 Å².